The third-order valence-corrected chi connectivity index (χ3v) is 1.98. The zero-order valence-corrected chi connectivity index (χ0v) is 10.8. The van der Waals surface area contributed by atoms with Gasteiger partial charge in [-0.2, -0.15) is 24.3 Å². The van der Waals surface area contributed by atoms with Gasteiger partial charge in [-0.15, -0.1) is 11.2 Å². The van der Waals surface area contributed by atoms with Crippen molar-refractivity contribution in [2.45, 2.75) is 6.92 Å². The molecule has 0 aliphatic rings. The second kappa shape index (κ2) is 5.13. The van der Waals surface area contributed by atoms with Gasteiger partial charge in [0.15, 0.2) is 0 Å². The van der Waals surface area contributed by atoms with Crippen molar-refractivity contribution in [1.82, 2.24) is 9.78 Å². The van der Waals surface area contributed by atoms with E-state index in [1.54, 1.807) is 11.8 Å². The molecule has 82 valence electrons. The largest absolute Gasteiger partial charge is 0.480 e. The molecule has 0 spiro atoms. The summed E-state index contributed by atoms with van der Waals surface area (Å²) in [5.74, 6) is 0.655. The van der Waals surface area contributed by atoms with Crippen molar-refractivity contribution in [2.24, 2.45) is 0 Å². The SMILES string of the molecule is COc1nn(-c2[c-]cccc2)cc1C.[Pt]. The van der Waals surface area contributed by atoms with E-state index in [1.807, 2.05) is 37.4 Å². The van der Waals surface area contributed by atoms with Gasteiger partial charge in [-0.05, 0) is 12.6 Å². The minimum absolute atomic E-state index is 0. The van der Waals surface area contributed by atoms with Crippen molar-refractivity contribution < 1.29 is 25.8 Å². The van der Waals surface area contributed by atoms with Crippen LogP contribution in [0.5, 0.6) is 5.88 Å². The fraction of sp³-hybridized carbons (Fsp3) is 0.182. The molecule has 2 aromatic rings. The Morgan fingerprint density at radius 3 is 2.73 bits per heavy atom. The molecule has 0 saturated heterocycles. The molecule has 3 nitrogen and oxygen atoms in total. The third kappa shape index (κ3) is 2.48. The van der Waals surface area contributed by atoms with Crippen molar-refractivity contribution in [1.29, 1.82) is 0 Å². The molecule has 0 unspecified atom stereocenters. The summed E-state index contributed by atoms with van der Waals surface area (Å²) in [4.78, 5) is 0. The van der Waals surface area contributed by atoms with Gasteiger partial charge in [-0.1, -0.05) is 0 Å². The molecular formula is C11H11N2OPt-. The summed E-state index contributed by atoms with van der Waals surface area (Å²) in [6.07, 6.45) is 1.92. The topological polar surface area (TPSA) is 27.1 Å². The number of methoxy groups -OCH3 is 1. The van der Waals surface area contributed by atoms with E-state index in [2.05, 4.69) is 11.2 Å². The number of benzene rings is 1. The maximum Gasteiger partial charge on any atom is 0.235 e. The molecule has 0 N–H and O–H groups in total. The monoisotopic (exact) mass is 382 g/mol. The Bertz CT molecular complexity index is 425. The molecule has 0 radical (unpaired) electrons. The molecule has 15 heavy (non-hydrogen) atoms. The van der Waals surface area contributed by atoms with Crippen LogP contribution >= 0.6 is 0 Å². The average Bonchev–Trinajstić information content (AvgIpc) is 2.61. The number of para-hydroxylation sites is 1. The number of hydrogen-bond acceptors (Lipinski definition) is 2. The van der Waals surface area contributed by atoms with Crippen LogP contribution in [0.4, 0.5) is 0 Å². The van der Waals surface area contributed by atoms with Crippen LogP contribution in [0.15, 0.2) is 30.5 Å². The summed E-state index contributed by atoms with van der Waals surface area (Å²) in [5, 5.41) is 4.26. The molecule has 0 aliphatic carbocycles. The molecule has 4 heteroatoms. The van der Waals surface area contributed by atoms with Crippen molar-refractivity contribution in [3.63, 3.8) is 0 Å². The number of ether oxygens (including phenoxy) is 1. The van der Waals surface area contributed by atoms with Crippen molar-refractivity contribution in [3.8, 4) is 11.6 Å². The van der Waals surface area contributed by atoms with Crippen LogP contribution in [0, 0.1) is 13.0 Å². The van der Waals surface area contributed by atoms with Gasteiger partial charge >= 0.3 is 0 Å². The van der Waals surface area contributed by atoms with Crippen LogP contribution in [0.25, 0.3) is 5.69 Å². The molecule has 0 saturated carbocycles. The van der Waals surface area contributed by atoms with Gasteiger partial charge in [0, 0.05) is 32.8 Å². The van der Waals surface area contributed by atoms with Crippen LogP contribution in [-0.2, 0) is 21.1 Å². The summed E-state index contributed by atoms with van der Waals surface area (Å²) in [6.45, 7) is 1.96. The normalized spacial score (nSPS) is 9.47. The standard InChI is InChI=1S/C11H11N2O.Pt/c1-9-8-13(12-11(9)14-2)10-6-4-3-5-7-10;/h3-6,8H,1-2H3;/q-1;. The van der Waals surface area contributed by atoms with E-state index in [0.717, 1.165) is 11.3 Å². The summed E-state index contributed by atoms with van der Waals surface area (Å²) in [5.41, 5.74) is 1.93. The van der Waals surface area contributed by atoms with E-state index < -0.39 is 0 Å². The first-order valence-corrected chi connectivity index (χ1v) is 4.38. The Kier molecular flexibility index (Phi) is 4.10. The zero-order valence-electron chi connectivity index (χ0n) is 8.51. The summed E-state index contributed by atoms with van der Waals surface area (Å²) in [6, 6.07) is 10.8. The average molecular weight is 382 g/mol. The van der Waals surface area contributed by atoms with Crippen molar-refractivity contribution in [3.05, 3.63) is 42.1 Å². The van der Waals surface area contributed by atoms with E-state index in [1.165, 1.54) is 0 Å². The maximum atomic E-state index is 5.10. The summed E-state index contributed by atoms with van der Waals surface area (Å²) >= 11 is 0. The van der Waals surface area contributed by atoms with Gasteiger partial charge in [-0.25, -0.2) is 0 Å². The Morgan fingerprint density at radius 1 is 1.40 bits per heavy atom. The molecule has 0 atom stereocenters. The van der Waals surface area contributed by atoms with E-state index >= 15 is 0 Å². The van der Waals surface area contributed by atoms with E-state index in [4.69, 9.17) is 4.74 Å². The third-order valence-electron chi connectivity index (χ3n) is 1.98. The van der Waals surface area contributed by atoms with Crippen LogP contribution in [0.2, 0.25) is 0 Å². The van der Waals surface area contributed by atoms with Gasteiger partial charge in [0.05, 0.1) is 7.11 Å². The molecule has 1 aromatic carbocycles. The Labute approximate surface area is 103 Å². The second-order valence-electron chi connectivity index (χ2n) is 3.01. The molecule has 1 aromatic heterocycles. The Balaban J connectivity index is 0.00000112. The Hall–Kier alpha value is -1.08. The van der Waals surface area contributed by atoms with Gasteiger partial charge in [0.25, 0.3) is 0 Å². The number of nitrogens with zero attached hydrogens (tertiary/aromatic N) is 2. The Morgan fingerprint density at radius 2 is 2.20 bits per heavy atom. The molecule has 0 aliphatic heterocycles. The molecule has 0 amide bonds. The maximum absolute atomic E-state index is 5.10. The summed E-state index contributed by atoms with van der Waals surface area (Å²) in [7, 11) is 1.62. The zero-order chi connectivity index (χ0) is 9.97. The van der Waals surface area contributed by atoms with E-state index in [-0.39, 0.29) is 21.1 Å². The molecule has 2 rings (SSSR count). The molecule has 0 bridgehead atoms. The van der Waals surface area contributed by atoms with Crippen LogP contribution in [0.1, 0.15) is 5.56 Å². The van der Waals surface area contributed by atoms with Gasteiger partial charge < -0.3 is 4.74 Å². The van der Waals surface area contributed by atoms with Crippen LogP contribution in [0.3, 0.4) is 0 Å². The predicted octanol–water partition coefficient (Wildman–Crippen LogP) is 1.99. The smallest absolute Gasteiger partial charge is 0.235 e. The molecular weight excluding hydrogens is 371 g/mol. The first-order valence-electron chi connectivity index (χ1n) is 4.38. The fourth-order valence-electron chi connectivity index (χ4n) is 1.30. The number of aromatic nitrogens is 2. The van der Waals surface area contributed by atoms with Gasteiger partial charge in [0.1, 0.15) is 0 Å². The van der Waals surface area contributed by atoms with Crippen LogP contribution in [-0.4, -0.2) is 16.9 Å². The molecule has 1 heterocycles. The predicted molar refractivity (Wildman–Crippen MR) is 53.7 cm³/mol. The summed E-state index contributed by atoms with van der Waals surface area (Å²) < 4.78 is 6.86. The second-order valence-corrected chi connectivity index (χ2v) is 3.01. The first kappa shape index (κ1) is 12.0. The minimum atomic E-state index is 0. The number of hydrogen-bond donors (Lipinski definition) is 0. The minimum Gasteiger partial charge on any atom is -0.480 e. The van der Waals surface area contributed by atoms with Crippen molar-refractivity contribution >= 4 is 0 Å². The first-order chi connectivity index (χ1) is 6.81. The van der Waals surface area contributed by atoms with Crippen LogP contribution < -0.4 is 4.74 Å². The number of aryl methyl sites for hydroxylation is 1. The van der Waals surface area contributed by atoms with Crippen molar-refractivity contribution in [2.75, 3.05) is 7.11 Å². The van der Waals surface area contributed by atoms with E-state index in [0.29, 0.717) is 5.88 Å². The van der Waals surface area contributed by atoms with E-state index in [9.17, 15) is 0 Å². The fourth-order valence-corrected chi connectivity index (χ4v) is 1.30. The van der Waals surface area contributed by atoms with Gasteiger partial charge in [-0.3, -0.25) is 4.68 Å². The quantitative estimate of drug-likeness (QED) is 0.743. The van der Waals surface area contributed by atoms with Gasteiger partial charge in [0.2, 0.25) is 5.88 Å². The number of rotatable bonds is 2. The molecule has 0 fully saturated rings.